The predicted molar refractivity (Wildman–Crippen MR) is 103 cm³/mol. The maximum Gasteiger partial charge on any atom is 0.133 e. The zero-order valence-electron chi connectivity index (χ0n) is 16.5. The second-order valence-electron chi connectivity index (χ2n) is 8.07. The van der Waals surface area contributed by atoms with E-state index in [2.05, 4.69) is 65.8 Å². The van der Waals surface area contributed by atoms with Gasteiger partial charge in [0.25, 0.3) is 0 Å². The molecular weight excluding hydrogens is 282 g/mol. The molecule has 134 valence electrons. The standard InChI is InChI=1S/C21H39NO/c1-8-20(14-13-19(3)21(4,5)6)18(2)12-10-9-11-15-22(7)16-17-23/h9-12,17-20H,8,13-16H2,1-7H3/b11-9-,12-10-. The number of carbonyl (C=O) groups excluding carboxylic acids is 1. The van der Waals surface area contributed by atoms with Gasteiger partial charge in [-0.05, 0) is 43.1 Å². The van der Waals surface area contributed by atoms with Crippen LogP contribution >= 0.6 is 0 Å². The summed E-state index contributed by atoms with van der Waals surface area (Å²) in [4.78, 5) is 12.4. The number of likely N-dealkylation sites (N-methyl/N-ethyl adjacent to an activating group) is 1. The molecule has 0 aromatic heterocycles. The van der Waals surface area contributed by atoms with Gasteiger partial charge in [-0.3, -0.25) is 4.90 Å². The fraction of sp³-hybridized carbons (Fsp3) is 0.762. The fourth-order valence-electron chi connectivity index (χ4n) is 2.65. The number of hydrogen-bond acceptors (Lipinski definition) is 2. The van der Waals surface area contributed by atoms with E-state index >= 15 is 0 Å². The number of aldehydes is 1. The summed E-state index contributed by atoms with van der Waals surface area (Å²) in [5.74, 6) is 2.15. The van der Waals surface area contributed by atoms with E-state index in [0.717, 1.165) is 24.7 Å². The van der Waals surface area contributed by atoms with Crippen LogP contribution in [0, 0.1) is 23.2 Å². The van der Waals surface area contributed by atoms with Crippen LogP contribution < -0.4 is 0 Å². The molecule has 2 heteroatoms. The van der Waals surface area contributed by atoms with Crippen molar-refractivity contribution in [3.8, 4) is 0 Å². The molecule has 0 aliphatic rings. The Morgan fingerprint density at radius 3 is 2.22 bits per heavy atom. The number of allylic oxidation sites excluding steroid dienone is 3. The third-order valence-corrected chi connectivity index (χ3v) is 5.18. The molecule has 0 spiro atoms. The van der Waals surface area contributed by atoms with Crippen molar-refractivity contribution < 1.29 is 4.79 Å². The Kier molecular flexibility index (Phi) is 11.2. The van der Waals surface area contributed by atoms with Crippen LogP contribution in [0.4, 0.5) is 0 Å². The van der Waals surface area contributed by atoms with E-state index < -0.39 is 0 Å². The van der Waals surface area contributed by atoms with E-state index in [1.165, 1.54) is 19.3 Å². The molecule has 0 aliphatic carbocycles. The minimum atomic E-state index is 0.410. The molecule has 0 amide bonds. The van der Waals surface area contributed by atoms with Gasteiger partial charge in [-0.1, -0.05) is 72.3 Å². The lowest BCUT2D eigenvalue weighted by Crippen LogP contribution is -2.20. The van der Waals surface area contributed by atoms with Gasteiger partial charge in [0.05, 0.1) is 6.54 Å². The second-order valence-corrected chi connectivity index (χ2v) is 8.07. The molecule has 3 unspecified atom stereocenters. The fourth-order valence-corrected chi connectivity index (χ4v) is 2.65. The number of rotatable bonds is 11. The summed E-state index contributed by atoms with van der Waals surface area (Å²) < 4.78 is 0. The van der Waals surface area contributed by atoms with Gasteiger partial charge < -0.3 is 4.79 Å². The summed E-state index contributed by atoms with van der Waals surface area (Å²) in [5.41, 5.74) is 0.410. The largest absolute Gasteiger partial charge is 0.302 e. The molecule has 0 N–H and O–H groups in total. The van der Waals surface area contributed by atoms with Crippen molar-refractivity contribution in [3.05, 3.63) is 24.3 Å². The first-order valence-electron chi connectivity index (χ1n) is 9.17. The van der Waals surface area contributed by atoms with Gasteiger partial charge in [-0.25, -0.2) is 0 Å². The molecule has 0 rings (SSSR count). The Morgan fingerprint density at radius 1 is 1.04 bits per heavy atom. The van der Waals surface area contributed by atoms with Crippen LogP contribution in [0.25, 0.3) is 0 Å². The van der Waals surface area contributed by atoms with Crippen molar-refractivity contribution in [1.82, 2.24) is 4.90 Å². The van der Waals surface area contributed by atoms with Crippen LogP contribution in [0.3, 0.4) is 0 Å². The van der Waals surface area contributed by atoms with Crippen LogP contribution in [-0.4, -0.2) is 31.3 Å². The van der Waals surface area contributed by atoms with Gasteiger partial charge in [-0.2, -0.15) is 0 Å². The van der Waals surface area contributed by atoms with Gasteiger partial charge in [0.2, 0.25) is 0 Å². The molecule has 0 saturated carbocycles. The highest BCUT2D eigenvalue weighted by molar-refractivity contribution is 5.51. The van der Waals surface area contributed by atoms with Crippen molar-refractivity contribution in [2.75, 3.05) is 20.1 Å². The third kappa shape index (κ3) is 10.5. The summed E-state index contributed by atoms with van der Waals surface area (Å²) >= 11 is 0. The smallest absolute Gasteiger partial charge is 0.133 e. The minimum Gasteiger partial charge on any atom is -0.302 e. The topological polar surface area (TPSA) is 20.3 Å². The lowest BCUT2D eigenvalue weighted by atomic mass is 9.76. The molecule has 0 aromatic rings. The lowest BCUT2D eigenvalue weighted by Gasteiger charge is -2.29. The number of hydrogen-bond donors (Lipinski definition) is 0. The zero-order chi connectivity index (χ0) is 17.9. The predicted octanol–water partition coefficient (Wildman–Crippen LogP) is 5.35. The van der Waals surface area contributed by atoms with Crippen LogP contribution in [0.15, 0.2) is 24.3 Å². The monoisotopic (exact) mass is 321 g/mol. The van der Waals surface area contributed by atoms with Crippen LogP contribution in [0.5, 0.6) is 0 Å². The highest BCUT2D eigenvalue weighted by Gasteiger charge is 2.22. The van der Waals surface area contributed by atoms with E-state index in [-0.39, 0.29) is 0 Å². The Labute approximate surface area is 145 Å². The van der Waals surface area contributed by atoms with E-state index in [0.29, 0.717) is 17.9 Å². The molecule has 3 atom stereocenters. The average Bonchev–Trinajstić information content (AvgIpc) is 2.46. The molecular formula is C21H39NO. The molecule has 0 aliphatic heterocycles. The number of nitrogens with zero attached hydrogens (tertiary/aromatic N) is 1. The van der Waals surface area contributed by atoms with E-state index in [9.17, 15) is 4.79 Å². The molecule has 0 fully saturated rings. The first kappa shape index (κ1) is 22.1. The van der Waals surface area contributed by atoms with Crippen molar-refractivity contribution >= 4 is 6.29 Å². The maximum atomic E-state index is 10.4. The SMILES string of the molecule is CCC(CCC(C)C(C)(C)C)C(C)/C=C\C=C/CN(C)CC=O. The van der Waals surface area contributed by atoms with Gasteiger partial charge in [0, 0.05) is 6.54 Å². The first-order chi connectivity index (χ1) is 10.7. The minimum absolute atomic E-state index is 0.410. The Bertz CT molecular complexity index is 365. The number of carbonyl (C=O) groups is 1. The maximum absolute atomic E-state index is 10.4. The normalized spacial score (nSPS) is 17.0. The van der Waals surface area contributed by atoms with Gasteiger partial charge in [0.15, 0.2) is 0 Å². The Morgan fingerprint density at radius 2 is 1.70 bits per heavy atom. The van der Waals surface area contributed by atoms with Crippen LogP contribution in [-0.2, 0) is 4.79 Å². The summed E-state index contributed by atoms with van der Waals surface area (Å²) in [6.07, 6.45) is 13.5. The highest BCUT2D eigenvalue weighted by Crippen LogP contribution is 2.32. The highest BCUT2D eigenvalue weighted by atomic mass is 16.1. The van der Waals surface area contributed by atoms with Crippen molar-refractivity contribution in [3.63, 3.8) is 0 Å². The van der Waals surface area contributed by atoms with E-state index in [1.807, 2.05) is 11.9 Å². The van der Waals surface area contributed by atoms with Gasteiger partial charge in [-0.15, -0.1) is 0 Å². The van der Waals surface area contributed by atoms with Gasteiger partial charge >= 0.3 is 0 Å². The van der Waals surface area contributed by atoms with Crippen molar-refractivity contribution in [2.24, 2.45) is 23.2 Å². The zero-order valence-corrected chi connectivity index (χ0v) is 16.5. The molecule has 0 bridgehead atoms. The van der Waals surface area contributed by atoms with E-state index in [4.69, 9.17) is 0 Å². The molecule has 0 radical (unpaired) electrons. The Hall–Kier alpha value is -0.890. The summed E-state index contributed by atoms with van der Waals surface area (Å²) in [5, 5.41) is 0. The van der Waals surface area contributed by atoms with Gasteiger partial charge in [0.1, 0.15) is 6.29 Å². The van der Waals surface area contributed by atoms with Crippen molar-refractivity contribution in [1.29, 1.82) is 0 Å². The summed E-state index contributed by atoms with van der Waals surface area (Å²) in [6.45, 7) is 15.4. The van der Waals surface area contributed by atoms with Crippen LogP contribution in [0.1, 0.15) is 60.8 Å². The van der Waals surface area contributed by atoms with E-state index in [1.54, 1.807) is 0 Å². The molecule has 0 heterocycles. The first-order valence-corrected chi connectivity index (χ1v) is 9.17. The molecule has 0 saturated heterocycles. The Balaban J connectivity index is 4.27. The molecule has 2 nitrogen and oxygen atoms in total. The summed E-state index contributed by atoms with van der Waals surface area (Å²) in [6, 6.07) is 0. The third-order valence-electron chi connectivity index (χ3n) is 5.18. The second kappa shape index (κ2) is 11.6. The average molecular weight is 322 g/mol. The molecule has 0 aromatic carbocycles. The lowest BCUT2D eigenvalue weighted by molar-refractivity contribution is -0.108. The summed E-state index contributed by atoms with van der Waals surface area (Å²) in [7, 11) is 1.95. The van der Waals surface area contributed by atoms with Crippen LogP contribution in [0.2, 0.25) is 0 Å². The quantitative estimate of drug-likeness (QED) is 0.377. The molecule has 23 heavy (non-hydrogen) atoms. The van der Waals surface area contributed by atoms with Crippen molar-refractivity contribution in [2.45, 2.75) is 60.8 Å².